The highest BCUT2D eigenvalue weighted by molar-refractivity contribution is 9.10. The molecule has 2 N–H and O–H groups in total. The van der Waals surface area contributed by atoms with E-state index in [-0.39, 0.29) is 12.0 Å². The maximum atomic E-state index is 5.81. The van der Waals surface area contributed by atoms with Gasteiger partial charge in [-0.1, -0.05) is 22.9 Å². The topological polar surface area (TPSA) is 52.0 Å². The fraction of sp³-hybridized carbons (Fsp3) is 0.364. The number of nitrogens with zero attached hydrogens (tertiary/aromatic N) is 1. The Balaban J connectivity index is 2.47. The molecule has 0 saturated carbocycles. The van der Waals surface area contributed by atoms with Crippen molar-refractivity contribution in [3.63, 3.8) is 0 Å². The van der Waals surface area contributed by atoms with Crippen LogP contribution in [0.2, 0.25) is 0 Å². The minimum absolute atomic E-state index is 0.0431. The lowest BCUT2D eigenvalue weighted by molar-refractivity contribution is 0.451. The van der Waals surface area contributed by atoms with Crippen LogP contribution in [0.5, 0.6) is 0 Å². The molecule has 1 heterocycles. The highest BCUT2D eigenvalue weighted by Crippen LogP contribution is 2.25. The summed E-state index contributed by atoms with van der Waals surface area (Å²) in [5.41, 5.74) is 7.48. The zero-order chi connectivity index (χ0) is 11.0. The zero-order valence-corrected chi connectivity index (χ0v) is 10.3. The van der Waals surface area contributed by atoms with Crippen molar-refractivity contribution < 1.29 is 4.42 Å². The van der Waals surface area contributed by atoms with Crippen molar-refractivity contribution in [2.75, 3.05) is 0 Å². The largest absolute Gasteiger partial charge is 0.440 e. The Morgan fingerprint density at radius 1 is 1.40 bits per heavy atom. The van der Waals surface area contributed by atoms with Gasteiger partial charge >= 0.3 is 0 Å². The first-order chi connectivity index (χ1) is 7.08. The molecule has 3 nitrogen and oxygen atoms in total. The van der Waals surface area contributed by atoms with E-state index in [0.717, 1.165) is 15.6 Å². The average Bonchev–Trinajstić information content (AvgIpc) is 2.58. The van der Waals surface area contributed by atoms with Crippen LogP contribution in [0.25, 0.3) is 11.1 Å². The lowest BCUT2D eigenvalue weighted by Gasteiger charge is -2.10. The molecule has 15 heavy (non-hydrogen) atoms. The van der Waals surface area contributed by atoms with E-state index in [1.54, 1.807) is 0 Å². The lowest BCUT2D eigenvalue weighted by Crippen LogP contribution is -2.22. The molecule has 0 aliphatic rings. The number of fused-ring (bicyclic) bond motifs is 1. The number of oxazole rings is 1. The van der Waals surface area contributed by atoms with Crippen molar-refractivity contribution in [1.29, 1.82) is 0 Å². The van der Waals surface area contributed by atoms with Crippen molar-refractivity contribution >= 4 is 27.0 Å². The first-order valence-corrected chi connectivity index (χ1v) is 5.69. The van der Waals surface area contributed by atoms with Crippen LogP contribution in [0.1, 0.15) is 25.7 Å². The fourth-order valence-electron chi connectivity index (χ4n) is 1.34. The molecule has 2 aromatic rings. The van der Waals surface area contributed by atoms with E-state index in [0.29, 0.717) is 5.89 Å². The molecule has 0 radical (unpaired) electrons. The second-order valence-corrected chi connectivity index (χ2v) is 4.73. The minimum Gasteiger partial charge on any atom is -0.440 e. The molecule has 0 amide bonds. The molecule has 0 aliphatic carbocycles. The smallest absolute Gasteiger partial charge is 0.199 e. The molecule has 80 valence electrons. The number of hydrogen-bond acceptors (Lipinski definition) is 3. The molecule has 0 fully saturated rings. The SMILES string of the molecule is CC(N)C(C)c1nc2cc(Br)ccc2o1. The summed E-state index contributed by atoms with van der Waals surface area (Å²) >= 11 is 3.40. The molecule has 2 unspecified atom stereocenters. The van der Waals surface area contributed by atoms with Crippen molar-refractivity contribution in [2.24, 2.45) is 5.73 Å². The normalized spacial score (nSPS) is 15.5. The molecule has 1 aromatic heterocycles. The van der Waals surface area contributed by atoms with Gasteiger partial charge in [-0.3, -0.25) is 0 Å². The quantitative estimate of drug-likeness (QED) is 0.911. The highest BCUT2D eigenvalue weighted by Gasteiger charge is 2.16. The molecule has 4 heteroatoms. The highest BCUT2D eigenvalue weighted by atomic mass is 79.9. The number of halogens is 1. The van der Waals surface area contributed by atoms with Gasteiger partial charge in [0.25, 0.3) is 0 Å². The Morgan fingerprint density at radius 3 is 2.80 bits per heavy atom. The summed E-state index contributed by atoms with van der Waals surface area (Å²) < 4.78 is 6.64. The summed E-state index contributed by atoms with van der Waals surface area (Å²) in [7, 11) is 0. The summed E-state index contributed by atoms with van der Waals surface area (Å²) in [6, 6.07) is 5.83. The monoisotopic (exact) mass is 268 g/mol. The first kappa shape index (κ1) is 10.6. The zero-order valence-electron chi connectivity index (χ0n) is 8.70. The van der Waals surface area contributed by atoms with Crippen LogP contribution in [0.15, 0.2) is 27.1 Å². The molecule has 2 rings (SSSR count). The second-order valence-electron chi connectivity index (χ2n) is 3.81. The summed E-state index contributed by atoms with van der Waals surface area (Å²) in [4.78, 5) is 4.42. The number of benzene rings is 1. The predicted molar refractivity (Wildman–Crippen MR) is 63.8 cm³/mol. The third-order valence-electron chi connectivity index (χ3n) is 2.54. The van der Waals surface area contributed by atoms with E-state index in [2.05, 4.69) is 20.9 Å². The van der Waals surface area contributed by atoms with Crippen LogP contribution in [-0.2, 0) is 0 Å². The van der Waals surface area contributed by atoms with Gasteiger partial charge in [0.1, 0.15) is 5.52 Å². The molecular formula is C11H13BrN2O. The molecular weight excluding hydrogens is 256 g/mol. The van der Waals surface area contributed by atoms with Crippen LogP contribution in [0.4, 0.5) is 0 Å². The van der Waals surface area contributed by atoms with Crippen molar-refractivity contribution in [2.45, 2.75) is 25.8 Å². The molecule has 0 bridgehead atoms. The summed E-state index contributed by atoms with van der Waals surface area (Å²) in [6.45, 7) is 3.97. The second kappa shape index (κ2) is 3.94. The Labute approximate surface area is 96.8 Å². The van der Waals surface area contributed by atoms with Gasteiger partial charge in [0.05, 0.1) is 0 Å². The number of rotatable bonds is 2. The fourth-order valence-corrected chi connectivity index (χ4v) is 1.69. The Hall–Kier alpha value is -0.870. The number of aromatic nitrogens is 1. The van der Waals surface area contributed by atoms with Gasteiger partial charge in [-0.25, -0.2) is 4.98 Å². The van der Waals surface area contributed by atoms with Crippen LogP contribution >= 0.6 is 15.9 Å². The number of hydrogen-bond donors (Lipinski definition) is 1. The van der Waals surface area contributed by atoms with E-state index in [9.17, 15) is 0 Å². The maximum Gasteiger partial charge on any atom is 0.199 e. The van der Waals surface area contributed by atoms with Crippen LogP contribution in [0, 0.1) is 0 Å². The molecule has 1 aromatic carbocycles. The van der Waals surface area contributed by atoms with Crippen LogP contribution < -0.4 is 5.73 Å². The summed E-state index contributed by atoms with van der Waals surface area (Å²) in [5.74, 6) is 0.842. The third kappa shape index (κ3) is 2.06. The standard InChI is InChI=1S/C11H13BrN2O/c1-6(7(2)13)11-14-9-5-8(12)3-4-10(9)15-11/h3-7H,13H2,1-2H3. The first-order valence-electron chi connectivity index (χ1n) is 4.89. The van der Waals surface area contributed by atoms with E-state index in [4.69, 9.17) is 10.2 Å². The van der Waals surface area contributed by atoms with Gasteiger partial charge in [-0.2, -0.15) is 0 Å². The third-order valence-corrected chi connectivity index (χ3v) is 3.04. The van der Waals surface area contributed by atoms with Gasteiger partial charge in [0, 0.05) is 16.4 Å². The maximum absolute atomic E-state index is 5.81. The van der Waals surface area contributed by atoms with E-state index >= 15 is 0 Å². The van der Waals surface area contributed by atoms with Gasteiger partial charge in [0.15, 0.2) is 11.5 Å². The molecule has 0 saturated heterocycles. The lowest BCUT2D eigenvalue weighted by atomic mass is 10.1. The van der Waals surface area contributed by atoms with Gasteiger partial charge in [-0.05, 0) is 25.1 Å². The number of nitrogens with two attached hydrogens (primary N) is 1. The van der Waals surface area contributed by atoms with E-state index in [1.165, 1.54) is 0 Å². The predicted octanol–water partition coefficient (Wildman–Crippen LogP) is 3.04. The van der Waals surface area contributed by atoms with Crippen molar-refractivity contribution in [1.82, 2.24) is 4.98 Å². The van der Waals surface area contributed by atoms with Crippen molar-refractivity contribution in [3.8, 4) is 0 Å². The summed E-state index contributed by atoms with van der Waals surface area (Å²) in [5, 5.41) is 0. The Bertz CT molecular complexity index is 478. The van der Waals surface area contributed by atoms with Crippen LogP contribution in [0.3, 0.4) is 0 Å². The van der Waals surface area contributed by atoms with Gasteiger partial charge < -0.3 is 10.2 Å². The van der Waals surface area contributed by atoms with Gasteiger partial charge in [-0.15, -0.1) is 0 Å². The van der Waals surface area contributed by atoms with Crippen molar-refractivity contribution in [3.05, 3.63) is 28.6 Å². The minimum atomic E-state index is 0.0431. The molecule has 0 aliphatic heterocycles. The Kier molecular flexibility index (Phi) is 2.80. The van der Waals surface area contributed by atoms with E-state index < -0.39 is 0 Å². The van der Waals surface area contributed by atoms with Gasteiger partial charge in [0.2, 0.25) is 0 Å². The van der Waals surface area contributed by atoms with E-state index in [1.807, 2.05) is 32.0 Å². The Morgan fingerprint density at radius 2 is 2.13 bits per heavy atom. The average molecular weight is 269 g/mol. The van der Waals surface area contributed by atoms with Crippen LogP contribution in [-0.4, -0.2) is 11.0 Å². The molecule has 2 atom stereocenters. The summed E-state index contributed by atoms with van der Waals surface area (Å²) in [6.07, 6.45) is 0. The molecule has 0 spiro atoms.